The molecule has 0 rings (SSSR count). The molecule has 0 aromatic carbocycles. The van der Waals surface area contributed by atoms with E-state index >= 15 is 0 Å². The molecule has 0 fully saturated rings. The van der Waals surface area contributed by atoms with Gasteiger partial charge in [-0.25, -0.2) is 0 Å². The minimum absolute atomic E-state index is 0.108. The van der Waals surface area contributed by atoms with Gasteiger partial charge in [0.2, 0.25) is 0 Å². The first-order valence-corrected chi connectivity index (χ1v) is 9.22. The highest BCUT2D eigenvalue weighted by atomic mass is 33.1. The van der Waals surface area contributed by atoms with Gasteiger partial charge in [-0.2, -0.15) is 25.3 Å². The molecule has 0 bridgehead atoms. The maximum atomic E-state index is 11.6. The van der Waals surface area contributed by atoms with Crippen LogP contribution in [0.15, 0.2) is 0 Å². The van der Waals surface area contributed by atoms with Gasteiger partial charge in [0.1, 0.15) is 0 Å². The molecule has 0 heterocycles. The van der Waals surface area contributed by atoms with Gasteiger partial charge in [0.15, 0.2) is 11.6 Å². The second kappa shape index (κ2) is 11.5. The van der Waals surface area contributed by atoms with Crippen LogP contribution in [0, 0.1) is 0 Å². The Bertz CT molecular complexity index is 232. The molecule has 0 aliphatic heterocycles. The Kier molecular flexibility index (Phi) is 11.9. The molecule has 18 heavy (non-hydrogen) atoms. The highest BCUT2D eigenvalue weighted by Crippen LogP contribution is 2.22. The number of likely N-dealkylation sites (N-methyl/N-ethyl adjacent to an activating group) is 2. The van der Waals surface area contributed by atoms with Crippen LogP contribution in [0.2, 0.25) is 0 Å². The van der Waals surface area contributed by atoms with E-state index in [9.17, 15) is 9.59 Å². The number of carbonyl (C=O) groups is 2. The van der Waals surface area contributed by atoms with Gasteiger partial charge in [0.25, 0.3) is 0 Å². The Morgan fingerprint density at radius 3 is 1.50 bits per heavy atom. The van der Waals surface area contributed by atoms with Crippen LogP contribution in [0.3, 0.4) is 0 Å². The fourth-order valence-electron chi connectivity index (χ4n) is 1.11. The molecule has 0 aliphatic rings. The molecule has 106 valence electrons. The zero-order valence-electron chi connectivity index (χ0n) is 10.5. The van der Waals surface area contributed by atoms with Crippen molar-refractivity contribution in [1.82, 2.24) is 10.6 Å². The predicted octanol–water partition coefficient (Wildman–Crippen LogP) is 0.542. The molecule has 2 atom stereocenters. The maximum Gasteiger partial charge on any atom is 0.161 e. The van der Waals surface area contributed by atoms with Gasteiger partial charge in [0, 0.05) is 11.5 Å². The van der Waals surface area contributed by atoms with E-state index in [0.29, 0.717) is 23.0 Å². The number of rotatable bonds is 11. The van der Waals surface area contributed by atoms with Gasteiger partial charge in [-0.05, 0) is 14.1 Å². The summed E-state index contributed by atoms with van der Waals surface area (Å²) in [5.74, 6) is 1.96. The highest BCUT2D eigenvalue weighted by molar-refractivity contribution is 8.77. The van der Waals surface area contributed by atoms with Gasteiger partial charge in [-0.1, -0.05) is 21.6 Å². The largest absolute Gasteiger partial charge is 0.310 e. The third kappa shape index (κ3) is 7.30. The molecular formula is C10H20N2O2S4. The minimum Gasteiger partial charge on any atom is -0.310 e. The summed E-state index contributed by atoms with van der Waals surface area (Å²) < 4.78 is 0. The molecule has 4 nitrogen and oxygen atoms in total. The van der Waals surface area contributed by atoms with Crippen molar-refractivity contribution in [3.63, 3.8) is 0 Å². The standard InChI is InChI=1S/C10H20N2O2S4/c1-11-7(3-15)9(13)5-17-18-6-10(14)8(4-16)12-2/h7-8,11-12,15-16H,3-6H2,1-2H3/t7-,8-/m0/s1. The lowest BCUT2D eigenvalue weighted by molar-refractivity contribution is -0.118. The van der Waals surface area contributed by atoms with Gasteiger partial charge < -0.3 is 10.6 Å². The van der Waals surface area contributed by atoms with E-state index in [1.165, 1.54) is 21.6 Å². The number of hydrogen-bond acceptors (Lipinski definition) is 8. The number of nitrogens with one attached hydrogen (secondary N) is 2. The second-order valence-corrected chi connectivity index (χ2v) is 6.70. The van der Waals surface area contributed by atoms with E-state index in [-0.39, 0.29) is 23.7 Å². The molecule has 0 saturated heterocycles. The lowest BCUT2D eigenvalue weighted by Gasteiger charge is -2.12. The quantitative estimate of drug-likeness (QED) is 0.252. The van der Waals surface area contributed by atoms with Crippen LogP contribution in [-0.4, -0.2) is 60.8 Å². The van der Waals surface area contributed by atoms with Gasteiger partial charge >= 0.3 is 0 Å². The van der Waals surface area contributed by atoms with Crippen molar-refractivity contribution >= 4 is 58.4 Å². The first-order chi connectivity index (χ1) is 8.60. The normalized spacial score (nSPS) is 14.2. The van der Waals surface area contributed by atoms with Crippen LogP contribution >= 0.6 is 46.8 Å². The monoisotopic (exact) mass is 328 g/mol. The first-order valence-electron chi connectivity index (χ1n) is 5.46. The van der Waals surface area contributed by atoms with E-state index in [2.05, 4.69) is 35.9 Å². The zero-order chi connectivity index (χ0) is 14.0. The minimum atomic E-state index is -0.209. The molecular weight excluding hydrogens is 308 g/mol. The summed E-state index contributed by atoms with van der Waals surface area (Å²) in [5, 5.41) is 5.80. The summed E-state index contributed by atoms with van der Waals surface area (Å²) in [6, 6.07) is -0.417. The maximum absolute atomic E-state index is 11.6. The Balaban J connectivity index is 3.79. The molecule has 8 heteroatoms. The molecule has 0 spiro atoms. The molecule has 0 amide bonds. The first kappa shape index (κ1) is 18.7. The summed E-state index contributed by atoms with van der Waals surface area (Å²) >= 11 is 8.19. The third-order valence-corrected chi connectivity index (χ3v) is 5.23. The average Bonchev–Trinajstić information content (AvgIpc) is 2.37. The van der Waals surface area contributed by atoms with Crippen molar-refractivity contribution < 1.29 is 9.59 Å². The van der Waals surface area contributed by atoms with Crippen molar-refractivity contribution in [3.8, 4) is 0 Å². The van der Waals surface area contributed by atoms with Crippen LogP contribution in [0.4, 0.5) is 0 Å². The van der Waals surface area contributed by atoms with E-state index in [1.54, 1.807) is 14.1 Å². The van der Waals surface area contributed by atoms with Crippen LogP contribution in [0.5, 0.6) is 0 Å². The predicted molar refractivity (Wildman–Crippen MR) is 88.3 cm³/mol. The average molecular weight is 329 g/mol. The second-order valence-electron chi connectivity index (χ2n) is 3.50. The fourth-order valence-corrected chi connectivity index (χ4v) is 3.88. The molecule has 0 aromatic heterocycles. The number of hydrogen-bond donors (Lipinski definition) is 4. The number of Topliss-reactive ketones (excluding diaryl/α,β-unsaturated/α-hetero) is 2. The number of ketones is 2. The lowest BCUT2D eigenvalue weighted by Crippen LogP contribution is -2.37. The number of carbonyl (C=O) groups excluding carboxylic acids is 2. The molecule has 0 unspecified atom stereocenters. The van der Waals surface area contributed by atoms with Crippen LogP contribution in [0.25, 0.3) is 0 Å². The molecule has 0 radical (unpaired) electrons. The van der Waals surface area contributed by atoms with Crippen molar-refractivity contribution in [2.75, 3.05) is 37.1 Å². The molecule has 0 aliphatic carbocycles. The third-order valence-electron chi connectivity index (χ3n) is 2.33. The molecule has 0 aromatic rings. The zero-order valence-corrected chi connectivity index (χ0v) is 13.9. The van der Waals surface area contributed by atoms with Crippen LogP contribution in [0.1, 0.15) is 0 Å². The van der Waals surface area contributed by atoms with Gasteiger partial charge in [-0.15, -0.1) is 0 Å². The van der Waals surface area contributed by atoms with Crippen LogP contribution in [-0.2, 0) is 9.59 Å². The SMILES string of the molecule is CN[C@@H](CS)C(=O)CSSCC(=O)[C@H](CS)NC. The smallest absolute Gasteiger partial charge is 0.161 e. The Labute approximate surface area is 127 Å². The number of thiol groups is 2. The summed E-state index contributed by atoms with van der Waals surface area (Å²) in [6.45, 7) is 0. The summed E-state index contributed by atoms with van der Waals surface area (Å²) in [7, 11) is 6.29. The molecule has 2 N–H and O–H groups in total. The fraction of sp³-hybridized carbons (Fsp3) is 0.800. The summed E-state index contributed by atoms with van der Waals surface area (Å²) in [6.07, 6.45) is 0. The Morgan fingerprint density at radius 2 is 1.28 bits per heavy atom. The van der Waals surface area contributed by atoms with Crippen molar-refractivity contribution in [2.45, 2.75) is 12.1 Å². The van der Waals surface area contributed by atoms with E-state index in [0.717, 1.165) is 0 Å². The van der Waals surface area contributed by atoms with Crippen molar-refractivity contribution in [3.05, 3.63) is 0 Å². The molecule has 0 saturated carbocycles. The van der Waals surface area contributed by atoms with Crippen LogP contribution < -0.4 is 10.6 Å². The summed E-state index contributed by atoms with van der Waals surface area (Å²) in [4.78, 5) is 23.3. The van der Waals surface area contributed by atoms with Crippen molar-refractivity contribution in [1.29, 1.82) is 0 Å². The Morgan fingerprint density at radius 1 is 0.944 bits per heavy atom. The lowest BCUT2D eigenvalue weighted by atomic mass is 10.2. The highest BCUT2D eigenvalue weighted by Gasteiger charge is 2.16. The van der Waals surface area contributed by atoms with E-state index < -0.39 is 0 Å². The van der Waals surface area contributed by atoms with Gasteiger partial charge in [-0.3, -0.25) is 9.59 Å². The van der Waals surface area contributed by atoms with Gasteiger partial charge in [0.05, 0.1) is 23.6 Å². The van der Waals surface area contributed by atoms with E-state index in [1.807, 2.05) is 0 Å². The summed E-state index contributed by atoms with van der Waals surface area (Å²) in [5.41, 5.74) is 0. The van der Waals surface area contributed by atoms with E-state index in [4.69, 9.17) is 0 Å². The van der Waals surface area contributed by atoms with Crippen molar-refractivity contribution in [2.24, 2.45) is 0 Å². The Hall–Kier alpha value is 0.660. The topological polar surface area (TPSA) is 58.2 Å².